The van der Waals surface area contributed by atoms with Crippen LogP contribution >= 0.6 is 15.9 Å². The summed E-state index contributed by atoms with van der Waals surface area (Å²) in [5.41, 5.74) is 6.16. The van der Waals surface area contributed by atoms with Gasteiger partial charge in [-0.15, -0.1) is 0 Å². The van der Waals surface area contributed by atoms with Gasteiger partial charge in [0.2, 0.25) is 0 Å². The van der Waals surface area contributed by atoms with Gasteiger partial charge in [0.25, 0.3) is 0 Å². The first-order chi connectivity index (χ1) is 4.31. The van der Waals surface area contributed by atoms with Gasteiger partial charge in [0.05, 0.1) is 0 Å². The largest absolute Gasteiger partial charge is 0.401 e. The lowest BCUT2D eigenvalue weighted by atomic mass is 10.4. The molecule has 0 aromatic rings. The highest BCUT2D eigenvalue weighted by Gasteiger charge is 1.85. The normalized spacial score (nSPS) is 11.6. The molecule has 9 heavy (non-hydrogen) atoms. The molecule has 0 saturated carbocycles. The van der Waals surface area contributed by atoms with Gasteiger partial charge in [-0.3, -0.25) is 0 Å². The molecule has 0 aliphatic rings. The third-order valence-electron chi connectivity index (χ3n) is 0.762. The first kappa shape index (κ1) is 8.78. The molecule has 4 heteroatoms. The number of aliphatic hydroxyl groups excluding tert-OH is 1. The van der Waals surface area contributed by atoms with Gasteiger partial charge in [-0.2, -0.15) is 0 Å². The summed E-state index contributed by atoms with van der Waals surface area (Å²) in [6, 6.07) is 0. The Kier molecular flexibility index (Phi) is 5.76. The first-order valence-corrected chi connectivity index (χ1v) is 3.78. The zero-order valence-electron chi connectivity index (χ0n) is 5.10. The van der Waals surface area contributed by atoms with Crippen molar-refractivity contribution in [3.8, 4) is 0 Å². The molecule has 0 fully saturated rings. The van der Waals surface area contributed by atoms with Crippen LogP contribution in [0.3, 0.4) is 0 Å². The quantitative estimate of drug-likeness (QED) is 0.440. The molecule has 54 valence electrons. The van der Waals surface area contributed by atoms with Gasteiger partial charge >= 0.3 is 0 Å². The molecule has 0 aromatic carbocycles. The molecule has 0 amide bonds. The van der Waals surface area contributed by atoms with E-state index in [1.807, 2.05) is 0 Å². The monoisotopic (exact) mass is 194 g/mol. The fourth-order valence-electron chi connectivity index (χ4n) is 0.358. The van der Waals surface area contributed by atoms with E-state index >= 15 is 0 Å². The molecule has 0 aromatic heterocycles. The fourth-order valence-corrected chi connectivity index (χ4v) is 0.816. The van der Waals surface area contributed by atoms with Crippen LogP contribution in [-0.2, 0) is 0 Å². The minimum Gasteiger partial charge on any atom is -0.401 e. The number of nitrogens with one attached hydrogen (secondary N) is 1. The summed E-state index contributed by atoms with van der Waals surface area (Å²) < 4.78 is 0. The summed E-state index contributed by atoms with van der Waals surface area (Å²) in [4.78, 5) is 0. The number of hydrogen-bond acceptors (Lipinski definition) is 3. The van der Waals surface area contributed by atoms with Crippen molar-refractivity contribution in [3.63, 3.8) is 0 Å². The van der Waals surface area contributed by atoms with Crippen molar-refractivity contribution in [1.29, 1.82) is 0 Å². The summed E-state index contributed by atoms with van der Waals surface area (Å²) in [7, 11) is 0. The number of rotatable bonds is 4. The Balaban J connectivity index is 3.30. The van der Waals surface area contributed by atoms with E-state index in [0.717, 1.165) is 17.4 Å². The Morgan fingerprint density at radius 3 is 2.89 bits per heavy atom. The first-order valence-electron chi connectivity index (χ1n) is 2.66. The number of halogens is 1. The molecule has 4 N–H and O–H groups in total. The van der Waals surface area contributed by atoms with Crippen LogP contribution in [-0.4, -0.2) is 17.2 Å². The Morgan fingerprint density at radius 1 is 1.78 bits per heavy atom. The number of allylic oxidation sites excluding steroid dienone is 1. The van der Waals surface area contributed by atoms with Crippen molar-refractivity contribution in [2.75, 3.05) is 12.1 Å². The molecule has 0 atom stereocenters. The van der Waals surface area contributed by atoms with Crippen LogP contribution in [0, 0.1) is 0 Å². The zero-order chi connectivity index (χ0) is 7.11. The van der Waals surface area contributed by atoms with Crippen molar-refractivity contribution in [2.24, 2.45) is 5.73 Å². The van der Waals surface area contributed by atoms with E-state index in [0.29, 0.717) is 0 Å². The molecular weight excluding hydrogens is 184 g/mol. The predicted molar refractivity (Wildman–Crippen MR) is 40.9 cm³/mol. The number of aliphatic hydroxyl groups is 1. The second-order valence-electron chi connectivity index (χ2n) is 1.52. The van der Waals surface area contributed by atoms with Crippen LogP contribution in [0.5, 0.6) is 0 Å². The molecule has 0 rings (SSSR count). The van der Waals surface area contributed by atoms with Gasteiger partial charge in [0.15, 0.2) is 0 Å². The van der Waals surface area contributed by atoms with Crippen molar-refractivity contribution in [2.45, 2.75) is 6.42 Å². The van der Waals surface area contributed by atoms with E-state index in [9.17, 15) is 0 Å². The summed E-state index contributed by atoms with van der Waals surface area (Å²) in [6.45, 7) is -0.0665. The topological polar surface area (TPSA) is 58.3 Å². The summed E-state index contributed by atoms with van der Waals surface area (Å²) in [5, 5.41) is 11.7. The second-order valence-corrected chi connectivity index (χ2v) is 2.31. The van der Waals surface area contributed by atoms with Crippen molar-refractivity contribution < 1.29 is 5.11 Å². The molecular formula is C5H11BrN2O. The van der Waals surface area contributed by atoms with Crippen LogP contribution in [0.4, 0.5) is 0 Å². The van der Waals surface area contributed by atoms with E-state index in [2.05, 4.69) is 21.2 Å². The maximum absolute atomic E-state index is 8.26. The van der Waals surface area contributed by atoms with Crippen LogP contribution in [0.1, 0.15) is 6.42 Å². The van der Waals surface area contributed by atoms with Gasteiger partial charge in [0.1, 0.15) is 6.73 Å². The summed E-state index contributed by atoms with van der Waals surface area (Å²) >= 11 is 3.23. The molecule has 0 bridgehead atoms. The molecule has 0 aliphatic heterocycles. The molecule has 3 nitrogen and oxygen atoms in total. The molecule has 0 heterocycles. The Bertz CT molecular complexity index is 95.0. The minimum absolute atomic E-state index is 0.0665. The van der Waals surface area contributed by atoms with Crippen LogP contribution in [0.25, 0.3) is 0 Å². The van der Waals surface area contributed by atoms with E-state index in [1.54, 1.807) is 6.20 Å². The molecule has 0 saturated heterocycles. The standard InChI is InChI=1S/C5H11BrN2O/c6-2-1-5(7)3-8-4-9/h3,8-9H,1-2,4,7H2/b5-3+. The SMILES string of the molecule is N/C(=C/NCO)CCBr. The third-order valence-corrected chi connectivity index (χ3v) is 1.16. The number of alkyl halides is 1. The zero-order valence-corrected chi connectivity index (χ0v) is 6.69. The molecule has 0 unspecified atom stereocenters. The Morgan fingerprint density at radius 2 is 2.44 bits per heavy atom. The average molecular weight is 195 g/mol. The van der Waals surface area contributed by atoms with Gasteiger partial charge in [-0.05, 0) is 6.42 Å². The van der Waals surface area contributed by atoms with Crippen molar-refractivity contribution >= 4 is 15.9 Å². The molecule has 0 radical (unpaired) electrons. The smallest absolute Gasteiger partial charge is 0.112 e. The summed E-state index contributed by atoms with van der Waals surface area (Å²) in [5.74, 6) is 0. The Hall–Kier alpha value is -0.220. The highest BCUT2D eigenvalue weighted by Crippen LogP contribution is 1.93. The molecule has 0 spiro atoms. The lowest BCUT2D eigenvalue weighted by Crippen LogP contribution is -2.10. The van der Waals surface area contributed by atoms with Gasteiger partial charge in [0, 0.05) is 17.2 Å². The second kappa shape index (κ2) is 5.91. The number of nitrogens with two attached hydrogens (primary N) is 1. The Labute approximate surface area is 63.1 Å². The fraction of sp³-hybridized carbons (Fsp3) is 0.600. The maximum atomic E-state index is 8.26. The van der Waals surface area contributed by atoms with Crippen molar-refractivity contribution in [1.82, 2.24) is 5.32 Å². The van der Waals surface area contributed by atoms with Gasteiger partial charge < -0.3 is 16.2 Å². The van der Waals surface area contributed by atoms with Crippen LogP contribution < -0.4 is 11.1 Å². The highest BCUT2D eigenvalue weighted by atomic mass is 79.9. The van der Waals surface area contributed by atoms with Crippen molar-refractivity contribution in [3.05, 3.63) is 11.9 Å². The predicted octanol–water partition coefficient (Wildman–Crippen LogP) is 0.111. The lowest BCUT2D eigenvalue weighted by molar-refractivity contribution is 0.279. The summed E-state index contributed by atoms with van der Waals surface area (Å²) in [6.07, 6.45) is 2.40. The van der Waals surface area contributed by atoms with Crippen LogP contribution in [0.2, 0.25) is 0 Å². The maximum Gasteiger partial charge on any atom is 0.112 e. The lowest BCUT2D eigenvalue weighted by Gasteiger charge is -1.97. The van der Waals surface area contributed by atoms with E-state index in [-0.39, 0.29) is 6.73 Å². The molecule has 0 aliphatic carbocycles. The van der Waals surface area contributed by atoms with E-state index in [1.165, 1.54) is 0 Å². The van der Waals surface area contributed by atoms with E-state index < -0.39 is 0 Å². The van der Waals surface area contributed by atoms with Crippen LogP contribution in [0.15, 0.2) is 11.9 Å². The third kappa shape index (κ3) is 5.65. The van der Waals surface area contributed by atoms with E-state index in [4.69, 9.17) is 10.8 Å². The number of hydrogen-bond donors (Lipinski definition) is 3. The average Bonchev–Trinajstić information content (AvgIpc) is 1.85. The minimum atomic E-state index is -0.0665. The highest BCUT2D eigenvalue weighted by molar-refractivity contribution is 9.09. The van der Waals surface area contributed by atoms with Gasteiger partial charge in [-0.1, -0.05) is 15.9 Å². The van der Waals surface area contributed by atoms with Gasteiger partial charge in [-0.25, -0.2) is 0 Å².